The predicted octanol–water partition coefficient (Wildman–Crippen LogP) is 14.1. The fourth-order valence-electron chi connectivity index (χ4n) is 8.92. The van der Waals surface area contributed by atoms with Gasteiger partial charge in [-0.3, -0.25) is 4.98 Å². The molecule has 0 saturated carbocycles. The highest BCUT2D eigenvalue weighted by Gasteiger charge is 2.20. The van der Waals surface area contributed by atoms with Gasteiger partial charge in [0.15, 0.2) is 17.5 Å². The number of furan rings is 1. The second-order valence-electron chi connectivity index (χ2n) is 15.0. The van der Waals surface area contributed by atoms with Gasteiger partial charge >= 0.3 is 0 Å². The molecule has 0 saturated heterocycles. The molecule has 0 N–H and O–H groups in total. The number of fused-ring (bicyclic) bond motifs is 11. The van der Waals surface area contributed by atoms with E-state index < -0.39 is 0 Å². The number of rotatable bonds is 5. The van der Waals surface area contributed by atoms with Gasteiger partial charge in [0.1, 0.15) is 11.2 Å². The Balaban J connectivity index is 1.16. The lowest BCUT2D eigenvalue weighted by Gasteiger charge is -2.17. The van der Waals surface area contributed by atoms with E-state index in [4.69, 9.17) is 19.4 Å². The Morgan fingerprint density at radius 1 is 0.305 bits per heavy atom. The summed E-state index contributed by atoms with van der Waals surface area (Å²) in [4.78, 5) is 20.2. The van der Waals surface area contributed by atoms with Crippen LogP contribution in [0.3, 0.4) is 0 Å². The highest BCUT2D eigenvalue weighted by atomic mass is 16.3. The zero-order valence-electron chi connectivity index (χ0n) is 31.7. The zero-order chi connectivity index (χ0) is 38.9. The third-order valence-corrected chi connectivity index (χ3v) is 11.6. The van der Waals surface area contributed by atoms with Gasteiger partial charge in [0.25, 0.3) is 0 Å². The van der Waals surface area contributed by atoms with E-state index in [0.29, 0.717) is 17.5 Å². The van der Waals surface area contributed by atoms with E-state index >= 15 is 0 Å². The van der Waals surface area contributed by atoms with E-state index in [1.807, 2.05) is 79.1 Å². The van der Waals surface area contributed by atoms with Crippen LogP contribution in [0.2, 0.25) is 0 Å². The van der Waals surface area contributed by atoms with E-state index in [0.717, 1.165) is 60.9 Å². The fourth-order valence-corrected chi connectivity index (χ4v) is 8.92. The molecule has 3 aromatic heterocycles. The van der Waals surface area contributed by atoms with Gasteiger partial charge in [0.2, 0.25) is 0 Å². The van der Waals surface area contributed by atoms with Gasteiger partial charge in [-0.2, -0.15) is 0 Å². The molecule has 0 atom stereocenters. The first-order valence-corrected chi connectivity index (χ1v) is 19.8. The van der Waals surface area contributed by atoms with Crippen molar-refractivity contribution in [2.45, 2.75) is 0 Å². The summed E-state index contributed by atoms with van der Waals surface area (Å²) in [6, 6.07) is 63.8. The largest absolute Gasteiger partial charge is 0.456 e. The lowest BCUT2D eigenvalue weighted by Crippen LogP contribution is -2.01. The molecule has 274 valence electrons. The molecule has 0 aliphatic heterocycles. The van der Waals surface area contributed by atoms with Crippen molar-refractivity contribution in [1.29, 1.82) is 0 Å². The van der Waals surface area contributed by atoms with Gasteiger partial charge in [-0.1, -0.05) is 140 Å². The minimum absolute atomic E-state index is 0.576. The Morgan fingerprint density at radius 3 is 1.63 bits per heavy atom. The number of para-hydroxylation sites is 1. The van der Waals surface area contributed by atoms with Gasteiger partial charge in [-0.15, -0.1) is 0 Å². The quantitative estimate of drug-likeness (QED) is 0.164. The molecule has 12 rings (SSSR count). The van der Waals surface area contributed by atoms with Gasteiger partial charge in [0, 0.05) is 45.4 Å². The number of aromatic nitrogens is 4. The Kier molecular flexibility index (Phi) is 7.47. The number of hydrogen-bond donors (Lipinski definition) is 0. The summed E-state index contributed by atoms with van der Waals surface area (Å²) in [7, 11) is 0. The standard InChI is InChI=1S/C54H32N4O/c1-2-14-33(15-3-1)52-56-53(58-54(57-52)45-24-12-26-49-51(45)44-23-10-11-25-48(44)59-49)37-29-35(34-16-13-27-55-32-34)28-36(30-37)46-31-47-40-19-5-4-17-38(40)39-18-6-8-21-42(39)50(47)43-22-9-7-20-41(43)46/h1-32H. The molecule has 5 heteroatoms. The van der Waals surface area contributed by atoms with Gasteiger partial charge in [-0.05, 0) is 102 Å². The Bertz CT molecular complexity index is 3610. The van der Waals surface area contributed by atoms with Crippen molar-refractivity contribution in [2.75, 3.05) is 0 Å². The van der Waals surface area contributed by atoms with Gasteiger partial charge in [0.05, 0.1) is 0 Å². The minimum Gasteiger partial charge on any atom is -0.456 e. The topological polar surface area (TPSA) is 64.7 Å². The van der Waals surface area contributed by atoms with Crippen molar-refractivity contribution in [3.63, 3.8) is 0 Å². The summed E-state index contributed by atoms with van der Waals surface area (Å²) in [6.07, 6.45) is 3.73. The molecule has 59 heavy (non-hydrogen) atoms. The normalized spacial score (nSPS) is 11.7. The second-order valence-corrected chi connectivity index (χ2v) is 15.0. The van der Waals surface area contributed by atoms with Crippen LogP contribution in [0.4, 0.5) is 0 Å². The number of hydrogen-bond acceptors (Lipinski definition) is 5. The summed E-state index contributed by atoms with van der Waals surface area (Å²) < 4.78 is 6.31. The van der Waals surface area contributed by atoms with Crippen molar-refractivity contribution < 1.29 is 4.42 Å². The lowest BCUT2D eigenvalue weighted by molar-refractivity contribution is 0.669. The summed E-state index contributed by atoms with van der Waals surface area (Å²) in [5.41, 5.74) is 8.49. The maximum Gasteiger partial charge on any atom is 0.164 e. The highest BCUT2D eigenvalue weighted by Crippen LogP contribution is 2.44. The molecule has 9 aromatic carbocycles. The second kappa shape index (κ2) is 13.3. The Hall–Kier alpha value is -8.02. The SMILES string of the molecule is c1ccc(-c2nc(-c3cc(-c4cccnc4)cc(-c4cc5c6ccccc6c6ccccc6c5c5ccccc45)c3)nc(-c3cccc4oc5ccccc5c34)n2)cc1. The summed E-state index contributed by atoms with van der Waals surface area (Å²) in [5.74, 6) is 1.75. The minimum atomic E-state index is 0.576. The molecule has 0 radical (unpaired) electrons. The molecular weight excluding hydrogens is 721 g/mol. The third kappa shape index (κ3) is 5.40. The molecule has 0 aliphatic rings. The van der Waals surface area contributed by atoms with Crippen LogP contribution in [0.15, 0.2) is 199 Å². The molecule has 0 spiro atoms. The van der Waals surface area contributed by atoms with Crippen LogP contribution in [-0.4, -0.2) is 19.9 Å². The van der Waals surface area contributed by atoms with Crippen LogP contribution in [0.1, 0.15) is 0 Å². The maximum atomic E-state index is 6.31. The number of nitrogens with zero attached hydrogens (tertiary/aromatic N) is 4. The van der Waals surface area contributed by atoms with Gasteiger partial charge < -0.3 is 4.42 Å². The van der Waals surface area contributed by atoms with Crippen molar-refractivity contribution in [3.8, 4) is 56.4 Å². The first-order chi connectivity index (χ1) is 29.2. The van der Waals surface area contributed by atoms with Crippen LogP contribution in [-0.2, 0) is 0 Å². The van der Waals surface area contributed by atoms with Crippen LogP contribution in [0, 0.1) is 0 Å². The van der Waals surface area contributed by atoms with E-state index in [1.165, 1.54) is 43.1 Å². The average molecular weight is 753 g/mol. The van der Waals surface area contributed by atoms with E-state index in [1.54, 1.807) is 0 Å². The van der Waals surface area contributed by atoms with Gasteiger partial charge in [-0.25, -0.2) is 15.0 Å². The molecule has 0 unspecified atom stereocenters. The van der Waals surface area contributed by atoms with Crippen molar-refractivity contribution >= 4 is 65.0 Å². The van der Waals surface area contributed by atoms with E-state index in [2.05, 4.69) is 120 Å². The van der Waals surface area contributed by atoms with Crippen LogP contribution in [0.25, 0.3) is 121 Å². The van der Waals surface area contributed by atoms with Crippen molar-refractivity contribution in [3.05, 3.63) is 194 Å². The molecule has 5 nitrogen and oxygen atoms in total. The van der Waals surface area contributed by atoms with E-state index in [9.17, 15) is 0 Å². The molecule has 3 heterocycles. The lowest BCUT2D eigenvalue weighted by atomic mass is 9.86. The molecular formula is C54H32N4O. The summed E-state index contributed by atoms with van der Waals surface area (Å²) >= 11 is 0. The van der Waals surface area contributed by atoms with Crippen LogP contribution >= 0.6 is 0 Å². The molecule has 12 aromatic rings. The first kappa shape index (κ1) is 33.2. The van der Waals surface area contributed by atoms with Crippen molar-refractivity contribution in [1.82, 2.24) is 19.9 Å². The Labute approximate surface area is 338 Å². The predicted molar refractivity (Wildman–Crippen MR) is 242 cm³/mol. The highest BCUT2D eigenvalue weighted by molar-refractivity contribution is 6.33. The summed E-state index contributed by atoms with van der Waals surface area (Å²) in [5, 5.41) is 11.8. The fraction of sp³-hybridized carbons (Fsp3) is 0. The molecule has 0 bridgehead atoms. The Morgan fingerprint density at radius 2 is 0.864 bits per heavy atom. The van der Waals surface area contributed by atoms with Crippen molar-refractivity contribution in [2.24, 2.45) is 0 Å². The average Bonchev–Trinajstić information content (AvgIpc) is 3.70. The molecule has 0 fully saturated rings. The summed E-state index contributed by atoms with van der Waals surface area (Å²) in [6.45, 7) is 0. The zero-order valence-corrected chi connectivity index (χ0v) is 31.7. The monoisotopic (exact) mass is 752 g/mol. The first-order valence-electron chi connectivity index (χ1n) is 19.8. The smallest absolute Gasteiger partial charge is 0.164 e. The molecule has 0 aliphatic carbocycles. The maximum absolute atomic E-state index is 6.31. The third-order valence-electron chi connectivity index (χ3n) is 11.6. The van der Waals surface area contributed by atoms with Crippen LogP contribution in [0.5, 0.6) is 0 Å². The molecule has 0 amide bonds. The number of benzene rings is 9. The van der Waals surface area contributed by atoms with Crippen LogP contribution < -0.4 is 0 Å². The number of pyridine rings is 1. The van der Waals surface area contributed by atoms with E-state index in [-0.39, 0.29) is 0 Å².